The molecule has 0 unspecified atom stereocenters. The van der Waals surface area contributed by atoms with Crippen molar-refractivity contribution in [3.05, 3.63) is 65.7 Å². The van der Waals surface area contributed by atoms with Gasteiger partial charge in [-0.3, -0.25) is 4.79 Å². The number of carbonyl (C=O) groups excluding carboxylic acids is 1. The fourth-order valence-electron chi connectivity index (χ4n) is 4.46. The average molecular weight is 485 g/mol. The monoisotopic (exact) mass is 484 g/mol. The third kappa shape index (κ3) is 7.25. The van der Waals surface area contributed by atoms with Crippen LogP contribution in [0.25, 0.3) is 0 Å². The third-order valence-corrected chi connectivity index (χ3v) is 6.55. The van der Waals surface area contributed by atoms with E-state index >= 15 is 0 Å². The predicted octanol–water partition coefficient (Wildman–Crippen LogP) is 5.23. The lowest BCUT2D eigenvalue weighted by Gasteiger charge is -2.23. The molecular weight excluding hydrogens is 452 g/mol. The van der Waals surface area contributed by atoms with Crippen molar-refractivity contribution in [1.82, 2.24) is 15.0 Å². The number of aryl methyl sites for hydroxylation is 1. The summed E-state index contributed by atoms with van der Waals surface area (Å²) in [7, 11) is 1.64. The second kappa shape index (κ2) is 12.6. The highest BCUT2D eigenvalue weighted by Crippen LogP contribution is 2.27. The molecule has 0 spiro atoms. The van der Waals surface area contributed by atoms with Crippen molar-refractivity contribution < 1.29 is 9.53 Å². The van der Waals surface area contributed by atoms with Crippen LogP contribution in [0.5, 0.6) is 5.75 Å². The van der Waals surface area contributed by atoms with Crippen molar-refractivity contribution in [1.29, 1.82) is 5.26 Å². The summed E-state index contributed by atoms with van der Waals surface area (Å²) in [5.74, 6) is 2.74. The molecule has 1 aliphatic carbocycles. The van der Waals surface area contributed by atoms with Crippen LogP contribution in [0.3, 0.4) is 0 Å². The van der Waals surface area contributed by atoms with Gasteiger partial charge in [0.2, 0.25) is 0 Å². The largest absolute Gasteiger partial charge is 0.497 e. The van der Waals surface area contributed by atoms with Crippen molar-refractivity contribution in [3.8, 4) is 11.8 Å². The molecule has 0 bridgehead atoms. The van der Waals surface area contributed by atoms with E-state index in [1.165, 1.54) is 44.5 Å². The number of nitrogens with one attached hydrogen (secondary N) is 2. The highest BCUT2D eigenvalue weighted by molar-refractivity contribution is 5.83. The number of aromatic nitrogens is 3. The Balaban J connectivity index is 1.43. The summed E-state index contributed by atoms with van der Waals surface area (Å²) < 4.78 is 5.20. The van der Waals surface area contributed by atoms with Crippen molar-refractivity contribution in [3.63, 3.8) is 0 Å². The van der Waals surface area contributed by atoms with Gasteiger partial charge >= 0.3 is 0 Å². The number of hydrogen-bond donors (Lipinski definition) is 2. The van der Waals surface area contributed by atoms with E-state index < -0.39 is 0 Å². The molecule has 4 rings (SSSR count). The van der Waals surface area contributed by atoms with Gasteiger partial charge in [0.15, 0.2) is 5.69 Å². The van der Waals surface area contributed by atoms with Crippen molar-refractivity contribution in [2.24, 2.45) is 5.92 Å². The standard InChI is InChI=1S/C28H32N6O2/c1-36-25-11-8-20(9-12-25)7-10-24(35)13-22-17-32-27(34-28-19-30-23(15-29)18-33-28)14-26(22)31-16-21-5-3-2-4-6-21/h8-9,11-12,14,17-19,21H,2-7,10,13,16H2,1H3,(H2,31,32,33,34). The van der Waals surface area contributed by atoms with Gasteiger partial charge in [-0.05, 0) is 42.9 Å². The minimum Gasteiger partial charge on any atom is -0.497 e. The number of Topliss-reactive ketones (excluding diaryl/α,β-unsaturated/α-hetero) is 1. The summed E-state index contributed by atoms with van der Waals surface area (Å²) in [5.41, 5.74) is 3.17. The molecule has 1 aromatic carbocycles. The fraction of sp³-hybridized carbons (Fsp3) is 0.393. The summed E-state index contributed by atoms with van der Waals surface area (Å²) in [6.45, 7) is 0.882. The Morgan fingerprint density at radius 1 is 1.06 bits per heavy atom. The topological polar surface area (TPSA) is 113 Å². The number of ether oxygens (including phenoxy) is 1. The first kappa shape index (κ1) is 25.1. The Morgan fingerprint density at radius 2 is 1.83 bits per heavy atom. The summed E-state index contributed by atoms with van der Waals surface area (Å²) in [6.07, 6.45) is 12.5. The molecule has 0 amide bonds. The molecule has 2 aromatic heterocycles. The Hall–Kier alpha value is -3.99. The minimum absolute atomic E-state index is 0.173. The summed E-state index contributed by atoms with van der Waals surface area (Å²) >= 11 is 0. The molecule has 2 heterocycles. The molecule has 1 fully saturated rings. The number of carbonyl (C=O) groups is 1. The number of nitrogens with zero attached hydrogens (tertiary/aromatic N) is 4. The maximum Gasteiger partial charge on any atom is 0.158 e. The summed E-state index contributed by atoms with van der Waals surface area (Å²) in [4.78, 5) is 25.6. The zero-order chi connectivity index (χ0) is 25.2. The van der Waals surface area contributed by atoms with Crippen molar-refractivity contribution in [2.45, 2.75) is 51.4 Å². The first-order chi connectivity index (χ1) is 17.6. The number of ketones is 1. The quantitative estimate of drug-likeness (QED) is 0.380. The molecule has 3 aromatic rings. The second-order valence-corrected chi connectivity index (χ2v) is 9.20. The van der Waals surface area contributed by atoms with E-state index in [1.807, 2.05) is 36.4 Å². The van der Waals surface area contributed by atoms with E-state index in [0.29, 0.717) is 36.8 Å². The van der Waals surface area contributed by atoms with Crippen LogP contribution in [-0.4, -0.2) is 34.4 Å². The van der Waals surface area contributed by atoms with Crippen LogP contribution in [-0.2, 0) is 17.6 Å². The molecular formula is C28H32N6O2. The molecule has 8 heteroatoms. The Morgan fingerprint density at radius 3 is 2.53 bits per heavy atom. The zero-order valence-electron chi connectivity index (χ0n) is 20.7. The number of methoxy groups -OCH3 is 1. The first-order valence-electron chi connectivity index (χ1n) is 12.5. The smallest absolute Gasteiger partial charge is 0.158 e. The molecule has 1 aliphatic rings. The van der Waals surface area contributed by atoms with Gasteiger partial charge in [0.1, 0.15) is 29.2 Å². The number of hydrogen-bond acceptors (Lipinski definition) is 8. The van der Waals surface area contributed by atoms with E-state index in [9.17, 15) is 4.79 Å². The number of anilines is 3. The molecule has 0 aliphatic heterocycles. The van der Waals surface area contributed by atoms with Crippen LogP contribution < -0.4 is 15.4 Å². The summed E-state index contributed by atoms with van der Waals surface area (Å²) in [6, 6.07) is 11.7. The van der Waals surface area contributed by atoms with Crippen molar-refractivity contribution >= 4 is 23.1 Å². The molecule has 8 nitrogen and oxygen atoms in total. The van der Waals surface area contributed by atoms with Crippen LogP contribution in [0.4, 0.5) is 17.3 Å². The minimum atomic E-state index is 0.173. The maximum atomic E-state index is 12.9. The van der Waals surface area contributed by atoms with E-state index in [2.05, 4.69) is 25.6 Å². The highest BCUT2D eigenvalue weighted by atomic mass is 16.5. The third-order valence-electron chi connectivity index (χ3n) is 6.55. The number of rotatable bonds is 11. The van der Waals surface area contributed by atoms with Crippen LogP contribution in [0.15, 0.2) is 48.9 Å². The number of nitriles is 1. The van der Waals surface area contributed by atoms with Crippen LogP contribution in [0, 0.1) is 17.2 Å². The van der Waals surface area contributed by atoms with Crippen LogP contribution in [0.1, 0.15) is 55.3 Å². The average Bonchev–Trinajstić information content (AvgIpc) is 2.93. The lowest BCUT2D eigenvalue weighted by atomic mass is 9.89. The van der Waals surface area contributed by atoms with Crippen LogP contribution >= 0.6 is 0 Å². The molecule has 186 valence electrons. The van der Waals surface area contributed by atoms with Gasteiger partial charge < -0.3 is 15.4 Å². The zero-order valence-corrected chi connectivity index (χ0v) is 20.7. The van der Waals surface area contributed by atoms with Gasteiger partial charge in [-0.15, -0.1) is 0 Å². The SMILES string of the molecule is COc1ccc(CCC(=O)Cc2cnc(Nc3cnc(C#N)cn3)cc2NCC2CCCCC2)cc1. The van der Waals surface area contributed by atoms with Gasteiger partial charge in [0.25, 0.3) is 0 Å². The predicted molar refractivity (Wildman–Crippen MR) is 139 cm³/mol. The van der Waals surface area contributed by atoms with Gasteiger partial charge in [-0.25, -0.2) is 15.0 Å². The normalized spacial score (nSPS) is 13.6. The molecule has 0 atom stereocenters. The number of benzene rings is 1. The van der Waals surface area contributed by atoms with Crippen LogP contribution in [0.2, 0.25) is 0 Å². The summed E-state index contributed by atoms with van der Waals surface area (Å²) in [5, 5.41) is 15.7. The molecule has 1 saturated carbocycles. The Labute approximate surface area is 212 Å². The first-order valence-corrected chi connectivity index (χ1v) is 12.5. The Bertz CT molecular complexity index is 1180. The molecule has 0 radical (unpaired) electrons. The van der Waals surface area contributed by atoms with E-state index in [4.69, 9.17) is 10.00 Å². The Kier molecular flexibility index (Phi) is 8.82. The lowest BCUT2D eigenvalue weighted by Crippen LogP contribution is -2.18. The number of pyridine rings is 1. The van der Waals surface area contributed by atoms with E-state index in [1.54, 1.807) is 13.3 Å². The van der Waals surface area contributed by atoms with Gasteiger partial charge in [0, 0.05) is 42.9 Å². The van der Waals surface area contributed by atoms with E-state index in [-0.39, 0.29) is 11.5 Å². The lowest BCUT2D eigenvalue weighted by molar-refractivity contribution is -0.118. The van der Waals surface area contributed by atoms with Gasteiger partial charge in [0.05, 0.1) is 19.5 Å². The molecule has 36 heavy (non-hydrogen) atoms. The van der Waals surface area contributed by atoms with Crippen molar-refractivity contribution in [2.75, 3.05) is 24.3 Å². The molecule has 0 saturated heterocycles. The van der Waals surface area contributed by atoms with Gasteiger partial charge in [-0.2, -0.15) is 5.26 Å². The van der Waals surface area contributed by atoms with E-state index in [0.717, 1.165) is 29.1 Å². The fourth-order valence-corrected chi connectivity index (χ4v) is 4.46. The highest BCUT2D eigenvalue weighted by Gasteiger charge is 2.16. The molecule has 2 N–H and O–H groups in total. The second-order valence-electron chi connectivity index (χ2n) is 9.20. The van der Waals surface area contributed by atoms with Gasteiger partial charge in [-0.1, -0.05) is 31.4 Å². The maximum absolute atomic E-state index is 12.9.